The number of nitrogens with zero attached hydrogens (tertiary/aromatic N) is 3. The standard InChI is InChI=1S/C19H13F3N4/c20-19(21,22)14-3-1-2-13(10-14)17-16-8-9-24-18(16)26(25-17)15-6-4-12(11-23)5-7-15/h1-7,10,24H,8-9H2. The Morgan fingerprint density at radius 2 is 1.88 bits per heavy atom. The molecule has 1 aliphatic rings. The van der Waals surface area contributed by atoms with Gasteiger partial charge >= 0.3 is 6.18 Å². The van der Waals surface area contributed by atoms with Crippen molar-refractivity contribution in [2.24, 2.45) is 0 Å². The lowest BCUT2D eigenvalue weighted by molar-refractivity contribution is -0.137. The summed E-state index contributed by atoms with van der Waals surface area (Å²) in [6, 6.07) is 14.2. The molecule has 1 aliphatic heterocycles. The van der Waals surface area contributed by atoms with Crippen LogP contribution in [0.25, 0.3) is 16.9 Å². The molecule has 0 saturated heterocycles. The van der Waals surface area contributed by atoms with Gasteiger partial charge in [0.25, 0.3) is 0 Å². The lowest BCUT2D eigenvalue weighted by Gasteiger charge is -2.08. The minimum atomic E-state index is -4.40. The Hall–Kier alpha value is -3.27. The van der Waals surface area contributed by atoms with Crippen LogP contribution in [0.3, 0.4) is 0 Å². The fourth-order valence-electron chi connectivity index (χ4n) is 3.11. The highest BCUT2D eigenvalue weighted by Crippen LogP contribution is 2.37. The van der Waals surface area contributed by atoms with Gasteiger partial charge in [-0.15, -0.1) is 0 Å². The van der Waals surface area contributed by atoms with E-state index in [0.29, 0.717) is 29.8 Å². The lowest BCUT2D eigenvalue weighted by Crippen LogP contribution is -2.05. The summed E-state index contributed by atoms with van der Waals surface area (Å²) in [5, 5.41) is 16.7. The van der Waals surface area contributed by atoms with E-state index < -0.39 is 11.7 Å². The third kappa shape index (κ3) is 2.69. The van der Waals surface area contributed by atoms with Gasteiger partial charge in [-0.1, -0.05) is 12.1 Å². The molecule has 0 saturated carbocycles. The van der Waals surface area contributed by atoms with Gasteiger partial charge in [0.2, 0.25) is 0 Å². The highest BCUT2D eigenvalue weighted by Gasteiger charge is 2.31. The summed E-state index contributed by atoms with van der Waals surface area (Å²) in [4.78, 5) is 0. The van der Waals surface area contributed by atoms with Crippen LogP contribution in [0.15, 0.2) is 48.5 Å². The van der Waals surface area contributed by atoms with E-state index in [1.807, 2.05) is 0 Å². The first-order valence-electron chi connectivity index (χ1n) is 8.01. The van der Waals surface area contributed by atoms with Gasteiger partial charge in [0, 0.05) is 17.7 Å². The summed E-state index contributed by atoms with van der Waals surface area (Å²) < 4.78 is 40.8. The van der Waals surface area contributed by atoms with Crippen LogP contribution >= 0.6 is 0 Å². The number of benzene rings is 2. The number of halogens is 3. The summed E-state index contributed by atoms with van der Waals surface area (Å²) in [5.41, 5.74) is 2.46. The molecule has 0 bridgehead atoms. The zero-order valence-electron chi connectivity index (χ0n) is 13.5. The molecule has 0 fully saturated rings. The molecule has 4 nitrogen and oxygen atoms in total. The molecule has 0 spiro atoms. The molecule has 2 heterocycles. The first-order valence-corrected chi connectivity index (χ1v) is 8.01. The van der Waals surface area contributed by atoms with Crippen molar-refractivity contribution in [1.29, 1.82) is 5.26 Å². The van der Waals surface area contributed by atoms with Crippen LogP contribution in [0.5, 0.6) is 0 Å². The number of aromatic nitrogens is 2. The van der Waals surface area contributed by atoms with Crippen molar-refractivity contribution in [3.63, 3.8) is 0 Å². The van der Waals surface area contributed by atoms with E-state index in [-0.39, 0.29) is 0 Å². The van der Waals surface area contributed by atoms with Crippen molar-refractivity contribution in [3.8, 4) is 23.0 Å². The van der Waals surface area contributed by atoms with Crippen molar-refractivity contribution >= 4 is 5.82 Å². The molecule has 1 aromatic heterocycles. The van der Waals surface area contributed by atoms with E-state index >= 15 is 0 Å². The molecule has 7 heteroatoms. The summed E-state index contributed by atoms with van der Waals surface area (Å²) in [7, 11) is 0. The molecular weight excluding hydrogens is 341 g/mol. The van der Waals surface area contributed by atoms with Crippen LogP contribution in [0.2, 0.25) is 0 Å². The first kappa shape index (κ1) is 16.2. The number of hydrogen-bond donors (Lipinski definition) is 1. The highest BCUT2D eigenvalue weighted by atomic mass is 19.4. The fraction of sp³-hybridized carbons (Fsp3) is 0.158. The first-order chi connectivity index (χ1) is 12.5. The summed E-state index contributed by atoms with van der Waals surface area (Å²) in [6.45, 7) is 0.704. The number of hydrogen-bond acceptors (Lipinski definition) is 3. The second-order valence-corrected chi connectivity index (χ2v) is 6.00. The van der Waals surface area contributed by atoms with E-state index in [1.54, 1.807) is 35.0 Å². The molecule has 4 rings (SSSR count). The molecule has 26 heavy (non-hydrogen) atoms. The maximum atomic E-state index is 13.0. The van der Waals surface area contributed by atoms with E-state index in [4.69, 9.17) is 5.26 Å². The van der Waals surface area contributed by atoms with Crippen molar-refractivity contribution in [2.45, 2.75) is 12.6 Å². The fourth-order valence-corrected chi connectivity index (χ4v) is 3.11. The zero-order valence-corrected chi connectivity index (χ0v) is 13.5. The molecular formula is C19H13F3N4. The van der Waals surface area contributed by atoms with Crippen molar-refractivity contribution in [2.75, 3.05) is 11.9 Å². The number of anilines is 1. The number of alkyl halides is 3. The lowest BCUT2D eigenvalue weighted by atomic mass is 10.0. The summed E-state index contributed by atoms with van der Waals surface area (Å²) in [5.74, 6) is 0.780. The molecule has 0 aliphatic carbocycles. The number of nitrogens with one attached hydrogen (secondary N) is 1. The van der Waals surface area contributed by atoms with Crippen LogP contribution in [-0.4, -0.2) is 16.3 Å². The molecule has 3 aromatic rings. The Morgan fingerprint density at radius 1 is 1.12 bits per heavy atom. The Bertz CT molecular complexity index is 1010. The third-order valence-corrected chi connectivity index (χ3v) is 4.36. The van der Waals surface area contributed by atoms with E-state index in [2.05, 4.69) is 16.5 Å². The Kier molecular flexibility index (Phi) is 3.69. The zero-order chi connectivity index (χ0) is 18.3. The minimum Gasteiger partial charge on any atom is -0.369 e. The monoisotopic (exact) mass is 354 g/mol. The molecule has 0 radical (unpaired) electrons. The molecule has 0 unspecified atom stereocenters. The van der Waals surface area contributed by atoms with Gasteiger partial charge in [-0.05, 0) is 42.8 Å². The molecule has 1 N–H and O–H groups in total. The average molecular weight is 354 g/mol. The molecule has 0 atom stereocenters. The second-order valence-electron chi connectivity index (χ2n) is 6.00. The van der Waals surface area contributed by atoms with Gasteiger partial charge in [-0.3, -0.25) is 0 Å². The highest BCUT2D eigenvalue weighted by molar-refractivity contribution is 5.73. The quantitative estimate of drug-likeness (QED) is 0.742. The number of nitriles is 1. The summed E-state index contributed by atoms with van der Waals surface area (Å²) in [6.07, 6.45) is -3.70. The molecule has 130 valence electrons. The van der Waals surface area contributed by atoms with E-state index in [1.165, 1.54) is 6.07 Å². The van der Waals surface area contributed by atoms with Crippen molar-refractivity contribution in [1.82, 2.24) is 9.78 Å². The van der Waals surface area contributed by atoms with E-state index in [9.17, 15) is 13.2 Å². The maximum absolute atomic E-state index is 13.0. The molecule has 0 amide bonds. The largest absolute Gasteiger partial charge is 0.416 e. The van der Waals surface area contributed by atoms with Crippen LogP contribution in [0.4, 0.5) is 19.0 Å². The maximum Gasteiger partial charge on any atom is 0.416 e. The van der Waals surface area contributed by atoms with Gasteiger partial charge in [-0.2, -0.15) is 23.5 Å². The predicted octanol–water partition coefficient (Wildman–Crippen LogP) is 4.40. The third-order valence-electron chi connectivity index (χ3n) is 4.36. The Morgan fingerprint density at radius 3 is 2.58 bits per heavy atom. The minimum absolute atomic E-state index is 0.437. The summed E-state index contributed by atoms with van der Waals surface area (Å²) >= 11 is 0. The van der Waals surface area contributed by atoms with Gasteiger partial charge in [0.15, 0.2) is 0 Å². The smallest absolute Gasteiger partial charge is 0.369 e. The molecule has 2 aromatic carbocycles. The van der Waals surface area contributed by atoms with Gasteiger partial charge in [0.1, 0.15) is 5.82 Å². The van der Waals surface area contributed by atoms with Crippen molar-refractivity contribution in [3.05, 3.63) is 65.2 Å². The number of fused-ring (bicyclic) bond motifs is 1. The predicted molar refractivity (Wildman–Crippen MR) is 90.9 cm³/mol. The topological polar surface area (TPSA) is 53.6 Å². The van der Waals surface area contributed by atoms with Crippen LogP contribution in [-0.2, 0) is 12.6 Å². The van der Waals surface area contributed by atoms with Gasteiger partial charge < -0.3 is 5.32 Å². The Labute approximate surface area is 147 Å². The van der Waals surface area contributed by atoms with Crippen LogP contribution in [0, 0.1) is 11.3 Å². The van der Waals surface area contributed by atoms with Crippen LogP contribution in [0.1, 0.15) is 16.7 Å². The van der Waals surface area contributed by atoms with Crippen LogP contribution < -0.4 is 5.32 Å². The van der Waals surface area contributed by atoms with Crippen molar-refractivity contribution < 1.29 is 13.2 Å². The second kappa shape index (κ2) is 5.92. The SMILES string of the molecule is N#Cc1ccc(-n2nc(-c3cccc(C(F)(F)F)c3)c3c2NCC3)cc1. The van der Waals surface area contributed by atoms with E-state index in [0.717, 1.165) is 29.2 Å². The Balaban J connectivity index is 1.83. The average Bonchev–Trinajstić information content (AvgIpc) is 3.24. The number of rotatable bonds is 2. The van der Waals surface area contributed by atoms with Gasteiger partial charge in [0.05, 0.1) is 28.6 Å². The van der Waals surface area contributed by atoms with Gasteiger partial charge in [-0.25, -0.2) is 4.68 Å². The normalized spacial score (nSPS) is 13.2.